The molecule has 0 amide bonds. The molecule has 2 nitrogen and oxygen atoms in total. The van der Waals surface area contributed by atoms with Gasteiger partial charge in [0.2, 0.25) is 0 Å². The quantitative estimate of drug-likeness (QED) is 0.742. The van der Waals surface area contributed by atoms with E-state index in [1.165, 1.54) is 0 Å². The Bertz CT molecular complexity index is 194. The highest BCUT2D eigenvalue weighted by atomic mass is 16.5. The van der Waals surface area contributed by atoms with Crippen LogP contribution in [-0.4, -0.2) is 23.4 Å². The Labute approximate surface area is 87.7 Å². The second kappa shape index (κ2) is 3.82. The molecule has 1 N–H and O–H groups in total. The molecule has 0 aliphatic carbocycles. The summed E-state index contributed by atoms with van der Waals surface area (Å²) in [5.74, 6) is 0.636. The van der Waals surface area contributed by atoms with Crippen molar-refractivity contribution in [3.63, 3.8) is 0 Å². The first-order chi connectivity index (χ1) is 6.24. The Kier molecular flexibility index (Phi) is 3.27. The summed E-state index contributed by atoms with van der Waals surface area (Å²) < 4.78 is 5.78. The van der Waals surface area contributed by atoms with Crippen molar-refractivity contribution in [2.24, 2.45) is 11.3 Å². The van der Waals surface area contributed by atoms with Gasteiger partial charge in [-0.3, -0.25) is 0 Å². The van der Waals surface area contributed by atoms with E-state index in [1.807, 2.05) is 6.92 Å². The van der Waals surface area contributed by atoms with Gasteiger partial charge in [0.15, 0.2) is 0 Å². The van der Waals surface area contributed by atoms with Gasteiger partial charge in [-0.05, 0) is 19.3 Å². The molecule has 1 rings (SSSR count). The predicted molar refractivity (Wildman–Crippen MR) is 58.2 cm³/mol. The van der Waals surface area contributed by atoms with Crippen molar-refractivity contribution in [1.29, 1.82) is 0 Å². The lowest BCUT2D eigenvalue weighted by Crippen LogP contribution is -2.52. The normalized spacial score (nSPS) is 37.5. The molecule has 1 heterocycles. The first-order valence-electron chi connectivity index (χ1n) is 5.58. The zero-order valence-corrected chi connectivity index (χ0v) is 10.1. The van der Waals surface area contributed by atoms with Gasteiger partial charge in [0.25, 0.3) is 0 Å². The lowest BCUT2D eigenvalue weighted by molar-refractivity contribution is -0.178. The smallest absolute Gasteiger partial charge is 0.0717 e. The molecule has 14 heavy (non-hydrogen) atoms. The molecular weight excluding hydrogens is 176 g/mol. The molecule has 0 bridgehead atoms. The fourth-order valence-electron chi connectivity index (χ4n) is 1.94. The van der Waals surface area contributed by atoms with Gasteiger partial charge < -0.3 is 9.84 Å². The van der Waals surface area contributed by atoms with Crippen LogP contribution in [0.2, 0.25) is 0 Å². The molecule has 2 unspecified atom stereocenters. The number of ether oxygens (including phenoxy) is 1. The van der Waals surface area contributed by atoms with E-state index in [0.29, 0.717) is 12.5 Å². The van der Waals surface area contributed by atoms with Gasteiger partial charge in [-0.2, -0.15) is 0 Å². The number of rotatable bonds is 2. The Morgan fingerprint density at radius 3 is 2.36 bits per heavy atom. The van der Waals surface area contributed by atoms with E-state index in [1.54, 1.807) is 0 Å². The maximum Gasteiger partial charge on any atom is 0.0717 e. The third-order valence-corrected chi connectivity index (χ3v) is 3.50. The van der Waals surface area contributed by atoms with Crippen molar-refractivity contribution < 1.29 is 9.84 Å². The summed E-state index contributed by atoms with van der Waals surface area (Å²) in [7, 11) is 0. The fourth-order valence-corrected chi connectivity index (χ4v) is 1.94. The SMILES string of the molecule is CC(C)CC1CC(C)(O)C(C)(C)CO1. The molecule has 2 heteroatoms. The minimum atomic E-state index is -0.592. The lowest BCUT2D eigenvalue weighted by Gasteiger charge is -2.47. The highest BCUT2D eigenvalue weighted by molar-refractivity contribution is 4.95. The van der Waals surface area contributed by atoms with Crippen LogP contribution in [0, 0.1) is 11.3 Å². The Hall–Kier alpha value is -0.0800. The van der Waals surface area contributed by atoms with Crippen LogP contribution in [0.1, 0.15) is 47.5 Å². The first-order valence-corrected chi connectivity index (χ1v) is 5.58. The van der Waals surface area contributed by atoms with Crippen LogP contribution in [0.4, 0.5) is 0 Å². The van der Waals surface area contributed by atoms with Gasteiger partial charge >= 0.3 is 0 Å². The number of hydrogen-bond donors (Lipinski definition) is 1. The summed E-state index contributed by atoms with van der Waals surface area (Å²) in [5, 5.41) is 10.3. The second-order valence-corrected chi connectivity index (χ2v) is 5.92. The van der Waals surface area contributed by atoms with Crippen LogP contribution >= 0.6 is 0 Å². The standard InChI is InChI=1S/C12H24O2/c1-9(2)6-10-7-12(5,13)11(3,4)8-14-10/h9-10,13H,6-8H2,1-5H3. The van der Waals surface area contributed by atoms with Gasteiger partial charge in [0.05, 0.1) is 18.3 Å². The van der Waals surface area contributed by atoms with Crippen molar-refractivity contribution in [3.05, 3.63) is 0 Å². The summed E-state index contributed by atoms with van der Waals surface area (Å²) >= 11 is 0. The van der Waals surface area contributed by atoms with Crippen molar-refractivity contribution in [1.82, 2.24) is 0 Å². The Morgan fingerprint density at radius 1 is 1.36 bits per heavy atom. The second-order valence-electron chi connectivity index (χ2n) is 5.92. The van der Waals surface area contributed by atoms with E-state index >= 15 is 0 Å². The predicted octanol–water partition coefficient (Wildman–Crippen LogP) is 2.60. The van der Waals surface area contributed by atoms with E-state index < -0.39 is 5.60 Å². The number of aliphatic hydroxyl groups is 1. The Morgan fingerprint density at radius 2 is 1.93 bits per heavy atom. The highest BCUT2D eigenvalue weighted by Crippen LogP contribution is 2.40. The molecule has 84 valence electrons. The van der Waals surface area contributed by atoms with Crippen molar-refractivity contribution in [3.8, 4) is 0 Å². The summed E-state index contributed by atoms with van der Waals surface area (Å²) in [4.78, 5) is 0. The van der Waals surface area contributed by atoms with Crippen molar-refractivity contribution in [2.75, 3.05) is 6.61 Å². The van der Waals surface area contributed by atoms with Gasteiger partial charge in [-0.25, -0.2) is 0 Å². The van der Waals surface area contributed by atoms with Crippen LogP contribution in [-0.2, 0) is 4.74 Å². The minimum absolute atomic E-state index is 0.125. The molecule has 0 saturated carbocycles. The summed E-state index contributed by atoms with van der Waals surface area (Å²) in [6.45, 7) is 11.1. The number of hydrogen-bond acceptors (Lipinski definition) is 2. The van der Waals surface area contributed by atoms with Crippen LogP contribution in [0.3, 0.4) is 0 Å². The molecule has 1 aliphatic rings. The van der Waals surface area contributed by atoms with E-state index in [2.05, 4.69) is 27.7 Å². The van der Waals surface area contributed by atoms with E-state index in [-0.39, 0.29) is 11.5 Å². The molecule has 0 aromatic carbocycles. The highest BCUT2D eigenvalue weighted by Gasteiger charge is 2.45. The Balaban J connectivity index is 2.59. The van der Waals surface area contributed by atoms with Crippen LogP contribution in [0.15, 0.2) is 0 Å². The minimum Gasteiger partial charge on any atom is -0.389 e. The maximum atomic E-state index is 10.3. The van der Waals surface area contributed by atoms with Crippen LogP contribution < -0.4 is 0 Å². The molecule has 0 aromatic rings. The molecular formula is C12H24O2. The van der Waals surface area contributed by atoms with Crippen LogP contribution in [0.5, 0.6) is 0 Å². The molecule has 0 aromatic heterocycles. The molecule has 1 aliphatic heterocycles. The fraction of sp³-hybridized carbons (Fsp3) is 1.00. The molecule has 2 atom stereocenters. The van der Waals surface area contributed by atoms with Crippen molar-refractivity contribution in [2.45, 2.75) is 59.2 Å². The molecule has 1 fully saturated rings. The zero-order chi connectivity index (χ0) is 11.0. The van der Waals surface area contributed by atoms with E-state index in [4.69, 9.17) is 4.74 Å². The third-order valence-electron chi connectivity index (χ3n) is 3.50. The van der Waals surface area contributed by atoms with Gasteiger partial charge in [-0.15, -0.1) is 0 Å². The molecule has 0 spiro atoms. The topological polar surface area (TPSA) is 29.5 Å². The zero-order valence-electron chi connectivity index (χ0n) is 10.1. The van der Waals surface area contributed by atoms with Crippen LogP contribution in [0.25, 0.3) is 0 Å². The van der Waals surface area contributed by atoms with Crippen molar-refractivity contribution >= 4 is 0 Å². The summed E-state index contributed by atoms with van der Waals surface area (Å²) in [6, 6.07) is 0. The lowest BCUT2D eigenvalue weighted by atomic mass is 9.71. The average Bonchev–Trinajstić information content (AvgIpc) is 1.96. The molecule has 0 radical (unpaired) electrons. The third kappa shape index (κ3) is 2.48. The van der Waals surface area contributed by atoms with E-state index in [0.717, 1.165) is 12.8 Å². The van der Waals surface area contributed by atoms with E-state index in [9.17, 15) is 5.11 Å². The van der Waals surface area contributed by atoms with Gasteiger partial charge in [0.1, 0.15) is 0 Å². The van der Waals surface area contributed by atoms with Gasteiger partial charge in [-0.1, -0.05) is 27.7 Å². The average molecular weight is 200 g/mol. The first kappa shape index (κ1) is 12.0. The summed E-state index contributed by atoms with van der Waals surface area (Å²) in [6.07, 6.45) is 2.04. The maximum absolute atomic E-state index is 10.3. The summed E-state index contributed by atoms with van der Waals surface area (Å²) in [5.41, 5.74) is -0.717. The monoisotopic (exact) mass is 200 g/mol. The largest absolute Gasteiger partial charge is 0.389 e. The van der Waals surface area contributed by atoms with Gasteiger partial charge in [0, 0.05) is 11.8 Å². The molecule has 1 saturated heterocycles.